The van der Waals surface area contributed by atoms with Crippen molar-refractivity contribution in [3.63, 3.8) is 0 Å². The van der Waals surface area contributed by atoms with Crippen LogP contribution in [-0.2, 0) is 7.05 Å². The third kappa shape index (κ3) is 2.99. The molecule has 1 aliphatic rings. The van der Waals surface area contributed by atoms with Crippen molar-refractivity contribution < 1.29 is 9.49 Å². The Morgan fingerprint density at radius 3 is 2.42 bits per heavy atom. The van der Waals surface area contributed by atoms with E-state index < -0.39 is 0 Å². The highest BCUT2D eigenvalue weighted by molar-refractivity contribution is 6.04. The lowest BCUT2D eigenvalue weighted by atomic mass is 10.1. The minimum atomic E-state index is -0.390. The Labute approximate surface area is 179 Å². The molecule has 0 atom stereocenters. The molecule has 2 aromatic heterocycles. The molecule has 0 aliphatic carbocycles. The van der Waals surface area contributed by atoms with Crippen LogP contribution in [0.15, 0.2) is 54.6 Å². The van der Waals surface area contributed by atoms with Crippen molar-refractivity contribution in [2.75, 3.05) is 18.0 Å². The van der Waals surface area contributed by atoms with Crippen LogP contribution in [0.2, 0.25) is 0 Å². The van der Waals surface area contributed by atoms with Gasteiger partial charge in [0, 0.05) is 24.6 Å². The van der Waals surface area contributed by atoms with Crippen LogP contribution in [0.4, 0.5) is 11.5 Å². The molecule has 7 nitrogen and oxygen atoms in total. The van der Waals surface area contributed by atoms with Crippen LogP contribution in [0.3, 0.4) is 0 Å². The molecule has 0 spiro atoms. The van der Waals surface area contributed by atoms with E-state index in [2.05, 4.69) is 32.2 Å². The van der Waals surface area contributed by atoms with Crippen LogP contribution in [0.1, 0.15) is 24.8 Å². The molecule has 4 aromatic rings. The van der Waals surface area contributed by atoms with Gasteiger partial charge in [-0.05, 0) is 49.6 Å². The van der Waals surface area contributed by atoms with Crippen molar-refractivity contribution in [1.82, 2.24) is 4.57 Å². The van der Waals surface area contributed by atoms with Crippen LogP contribution in [0.5, 0.6) is 0 Å². The molecule has 0 N–H and O–H groups in total. The Morgan fingerprint density at radius 1 is 1.03 bits per heavy atom. The molecule has 2 aromatic carbocycles. The topological polar surface area (TPSA) is 79.0 Å². The number of piperidine rings is 1. The van der Waals surface area contributed by atoms with Gasteiger partial charge in [-0.2, -0.15) is 9.83 Å². The van der Waals surface area contributed by atoms with E-state index in [-0.39, 0.29) is 10.6 Å². The summed E-state index contributed by atoms with van der Waals surface area (Å²) in [6.45, 7) is 1.77. The number of nitro groups is 1. The minimum Gasteiger partial charge on any atom is -0.340 e. The lowest BCUT2D eigenvalue weighted by Gasteiger charge is -2.24. The van der Waals surface area contributed by atoms with Crippen LogP contribution in [0, 0.1) is 21.4 Å². The quantitative estimate of drug-likeness (QED) is 0.284. The van der Waals surface area contributed by atoms with Crippen molar-refractivity contribution in [3.8, 4) is 11.8 Å². The van der Waals surface area contributed by atoms with E-state index >= 15 is 0 Å². The first-order chi connectivity index (χ1) is 15.1. The van der Waals surface area contributed by atoms with Crippen molar-refractivity contribution >= 4 is 33.4 Å². The second kappa shape index (κ2) is 7.40. The molecular formula is C24H22N5O2+. The van der Waals surface area contributed by atoms with E-state index in [4.69, 9.17) is 0 Å². The summed E-state index contributed by atoms with van der Waals surface area (Å²) in [5.41, 5.74) is 4.51. The molecule has 0 amide bonds. The smallest absolute Gasteiger partial charge is 0.300 e. The van der Waals surface area contributed by atoms with Gasteiger partial charge in [0.1, 0.15) is 17.3 Å². The van der Waals surface area contributed by atoms with Gasteiger partial charge in [0.05, 0.1) is 29.0 Å². The zero-order chi connectivity index (χ0) is 21.5. The fraction of sp³-hybridized carbons (Fsp3) is 0.250. The average Bonchev–Trinajstić information content (AvgIpc) is 3.10. The molecule has 1 saturated heterocycles. The molecule has 31 heavy (non-hydrogen) atoms. The van der Waals surface area contributed by atoms with E-state index in [1.165, 1.54) is 18.6 Å². The van der Waals surface area contributed by atoms with Gasteiger partial charge >= 0.3 is 5.82 Å². The minimum absolute atomic E-state index is 0.0504. The summed E-state index contributed by atoms with van der Waals surface area (Å²) >= 11 is 0. The number of para-hydroxylation sites is 1. The van der Waals surface area contributed by atoms with Gasteiger partial charge in [-0.25, -0.2) is 0 Å². The second-order valence-electron chi connectivity index (χ2n) is 7.96. The van der Waals surface area contributed by atoms with Crippen LogP contribution in [-0.4, -0.2) is 22.6 Å². The van der Waals surface area contributed by atoms with Crippen molar-refractivity contribution in [1.29, 1.82) is 5.26 Å². The van der Waals surface area contributed by atoms with Gasteiger partial charge in [-0.1, -0.05) is 12.1 Å². The fourth-order valence-electron chi connectivity index (χ4n) is 4.70. The molecule has 0 saturated carbocycles. The number of hydrogen-bond donors (Lipinski definition) is 0. The molecule has 0 bridgehead atoms. The number of aromatic nitrogens is 2. The van der Waals surface area contributed by atoms with Gasteiger partial charge in [-0.15, -0.1) is 0 Å². The van der Waals surface area contributed by atoms with Crippen LogP contribution in [0.25, 0.3) is 27.6 Å². The molecule has 0 radical (unpaired) electrons. The van der Waals surface area contributed by atoms with E-state index in [1.807, 2.05) is 25.2 Å². The summed E-state index contributed by atoms with van der Waals surface area (Å²) in [5.74, 6) is 0.861. The molecule has 5 rings (SSSR count). The van der Waals surface area contributed by atoms with Gasteiger partial charge in [0.15, 0.2) is 5.52 Å². The number of hydrogen-bond acceptors (Lipinski definition) is 4. The van der Waals surface area contributed by atoms with Crippen molar-refractivity contribution in [3.05, 3.63) is 70.3 Å². The summed E-state index contributed by atoms with van der Waals surface area (Å²) in [4.78, 5) is 13.1. The maximum Gasteiger partial charge on any atom is 0.300 e. The van der Waals surface area contributed by atoms with Gasteiger partial charge in [0.25, 0.3) is 5.69 Å². The maximum absolute atomic E-state index is 11.2. The van der Waals surface area contributed by atoms with Gasteiger partial charge in [0.2, 0.25) is 0 Å². The Morgan fingerprint density at radius 2 is 1.74 bits per heavy atom. The number of pyridine rings is 1. The number of benzene rings is 2. The number of nitro benzene ring substituents is 1. The number of fused-ring (bicyclic) bond motifs is 3. The first kappa shape index (κ1) is 19.1. The van der Waals surface area contributed by atoms with E-state index in [1.54, 1.807) is 12.1 Å². The maximum atomic E-state index is 11.2. The average molecular weight is 412 g/mol. The number of aryl methyl sites for hydroxylation is 1. The summed E-state index contributed by atoms with van der Waals surface area (Å²) < 4.78 is 4.22. The third-order valence-corrected chi connectivity index (χ3v) is 6.18. The van der Waals surface area contributed by atoms with Crippen LogP contribution < -0.4 is 9.47 Å². The Kier molecular flexibility index (Phi) is 4.55. The molecule has 1 aliphatic heterocycles. The Bertz CT molecular complexity index is 1360. The highest BCUT2D eigenvalue weighted by atomic mass is 16.6. The summed E-state index contributed by atoms with van der Waals surface area (Å²) in [7, 11) is 2.01. The molecule has 154 valence electrons. The largest absolute Gasteiger partial charge is 0.340 e. The summed E-state index contributed by atoms with van der Waals surface area (Å²) in [6, 6.07) is 19.2. The van der Waals surface area contributed by atoms with Gasteiger partial charge < -0.3 is 4.57 Å². The SMILES string of the molecule is Cn1c2ccccc2c2c1cc(C#N)c(N1CCCCC1)[n+]2-c1ccc([N+](=O)[O-])cc1. The highest BCUT2D eigenvalue weighted by Gasteiger charge is 2.31. The lowest BCUT2D eigenvalue weighted by molar-refractivity contribution is -0.553. The lowest BCUT2D eigenvalue weighted by Crippen LogP contribution is -2.44. The zero-order valence-electron chi connectivity index (χ0n) is 17.3. The Balaban J connectivity index is 1.91. The van der Waals surface area contributed by atoms with Crippen molar-refractivity contribution in [2.45, 2.75) is 19.3 Å². The summed E-state index contributed by atoms with van der Waals surface area (Å²) in [6.07, 6.45) is 3.35. The zero-order valence-corrected chi connectivity index (χ0v) is 17.3. The predicted octanol–water partition coefficient (Wildman–Crippen LogP) is 4.38. The first-order valence-electron chi connectivity index (χ1n) is 10.5. The molecule has 0 unspecified atom stereocenters. The number of nitrogens with zero attached hydrogens (tertiary/aromatic N) is 5. The normalized spacial score (nSPS) is 14.1. The predicted molar refractivity (Wildman–Crippen MR) is 119 cm³/mol. The number of non-ortho nitro benzene ring substituents is 1. The number of rotatable bonds is 3. The standard InChI is InChI=1S/C24H22N5O2/c1-26-21-8-4-3-7-20(21)23-22(26)15-17(16-25)24(27-13-5-2-6-14-27)28(23)18-9-11-19(12-10-18)29(30)31/h3-4,7-12,15H,2,5-6,13-14H2,1H3/q+1. The summed E-state index contributed by atoms with van der Waals surface area (Å²) in [5, 5.41) is 22.4. The van der Waals surface area contributed by atoms with Crippen molar-refractivity contribution in [2.24, 2.45) is 7.05 Å². The number of anilines is 1. The molecule has 3 heterocycles. The molecule has 7 heteroatoms. The van der Waals surface area contributed by atoms with Gasteiger partial charge in [-0.3, -0.25) is 15.0 Å². The number of nitriles is 1. The van der Waals surface area contributed by atoms with Crippen LogP contribution >= 0.6 is 0 Å². The monoisotopic (exact) mass is 412 g/mol. The van der Waals surface area contributed by atoms with E-state index in [9.17, 15) is 15.4 Å². The third-order valence-electron chi connectivity index (χ3n) is 6.18. The first-order valence-corrected chi connectivity index (χ1v) is 10.5. The highest BCUT2D eigenvalue weighted by Crippen LogP contribution is 2.32. The van der Waals surface area contributed by atoms with E-state index in [0.717, 1.165) is 59.4 Å². The molecular weight excluding hydrogens is 390 g/mol. The molecule has 1 fully saturated rings. The van der Waals surface area contributed by atoms with E-state index in [0.29, 0.717) is 5.56 Å². The Hall–Kier alpha value is -3.92. The fourth-order valence-corrected chi connectivity index (χ4v) is 4.70. The second-order valence-corrected chi connectivity index (χ2v) is 7.96.